The highest BCUT2D eigenvalue weighted by atomic mass is 16.1. The van der Waals surface area contributed by atoms with Gasteiger partial charge in [-0.25, -0.2) is 9.97 Å². The minimum atomic E-state index is -0.0926. The van der Waals surface area contributed by atoms with Crippen molar-refractivity contribution in [3.63, 3.8) is 0 Å². The molecule has 0 aliphatic heterocycles. The molecular weight excluding hydrogens is 288 g/mol. The first kappa shape index (κ1) is 15.7. The molecule has 5 nitrogen and oxygen atoms in total. The summed E-state index contributed by atoms with van der Waals surface area (Å²) < 4.78 is 0. The quantitative estimate of drug-likeness (QED) is 0.857. The van der Waals surface area contributed by atoms with Crippen molar-refractivity contribution in [2.24, 2.45) is 5.41 Å². The SMILES string of the molecule is CCCC1(CNc2ccc(-c3nc(C)c(C)c(=O)[nH]3)cn2)CC1. The van der Waals surface area contributed by atoms with Crippen LogP contribution in [0.25, 0.3) is 11.4 Å². The molecule has 1 saturated carbocycles. The highest BCUT2D eigenvalue weighted by molar-refractivity contribution is 5.56. The molecule has 0 radical (unpaired) electrons. The van der Waals surface area contributed by atoms with Gasteiger partial charge in [-0.2, -0.15) is 0 Å². The molecule has 0 saturated heterocycles. The molecule has 0 aromatic carbocycles. The van der Waals surface area contributed by atoms with E-state index in [-0.39, 0.29) is 5.56 Å². The second kappa shape index (κ2) is 6.14. The molecule has 0 spiro atoms. The Kier molecular flexibility index (Phi) is 4.20. The highest BCUT2D eigenvalue weighted by Gasteiger charge is 2.41. The zero-order chi connectivity index (χ0) is 16.4. The van der Waals surface area contributed by atoms with Gasteiger partial charge >= 0.3 is 0 Å². The second-order valence-corrected chi connectivity index (χ2v) is 6.66. The first-order valence-electron chi connectivity index (χ1n) is 8.31. The highest BCUT2D eigenvalue weighted by Crippen LogP contribution is 2.49. The second-order valence-electron chi connectivity index (χ2n) is 6.66. The third-order valence-electron chi connectivity index (χ3n) is 4.81. The molecule has 2 N–H and O–H groups in total. The van der Waals surface area contributed by atoms with Gasteiger partial charge in [0.15, 0.2) is 0 Å². The summed E-state index contributed by atoms with van der Waals surface area (Å²) in [7, 11) is 0. The molecule has 122 valence electrons. The number of hydrogen-bond donors (Lipinski definition) is 2. The third-order valence-corrected chi connectivity index (χ3v) is 4.81. The number of rotatable bonds is 6. The zero-order valence-corrected chi connectivity index (χ0v) is 14.1. The van der Waals surface area contributed by atoms with Gasteiger partial charge < -0.3 is 10.3 Å². The van der Waals surface area contributed by atoms with Crippen LogP contribution < -0.4 is 10.9 Å². The first-order chi connectivity index (χ1) is 11.0. The minimum Gasteiger partial charge on any atom is -0.370 e. The normalized spacial score (nSPS) is 15.4. The molecule has 5 heteroatoms. The van der Waals surface area contributed by atoms with Gasteiger partial charge in [-0.05, 0) is 50.7 Å². The molecule has 2 aromatic heterocycles. The van der Waals surface area contributed by atoms with E-state index in [1.54, 1.807) is 13.1 Å². The molecule has 2 heterocycles. The molecule has 23 heavy (non-hydrogen) atoms. The van der Waals surface area contributed by atoms with Crippen LogP contribution in [-0.2, 0) is 0 Å². The van der Waals surface area contributed by atoms with Crippen molar-refractivity contribution in [1.82, 2.24) is 15.0 Å². The van der Waals surface area contributed by atoms with Gasteiger partial charge in [0.1, 0.15) is 11.6 Å². The summed E-state index contributed by atoms with van der Waals surface area (Å²) in [6.07, 6.45) is 6.92. The zero-order valence-electron chi connectivity index (χ0n) is 14.1. The van der Waals surface area contributed by atoms with Crippen LogP contribution in [0.2, 0.25) is 0 Å². The Morgan fingerprint density at radius 3 is 2.65 bits per heavy atom. The maximum atomic E-state index is 11.9. The van der Waals surface area contributed by atoms with Gasteiger partial charge in [0, 0.05) is 29.6 Å². The number of aryl methyl sites for hydroxylation is 1. The molecular formula is C18H24N4O. The Hall–Kier alpha value is -2.17. The van der Waals surface area contributed by atoms with Crippen molar-refractivity contribution in [2.45, 2.75) is 46.5 Å². The van der Waals surface area contributed by atoms with Crippen LogP contribution in [0.3, 0.4) is 0 Å². The molecule has 1 aliphatic carbocycles. The maximum Gasteiger partial charge on any atom is 0.254 e. The topological polar surface area (TPSA) is 70.7 Å². The lowest BCUT2D eigenvalue weighted by Gasteiger charge is -2.15. The van der Waals surface area contributed by atoms with E-state index >= 15 is 0 Å². The fourth-order valence-corrected chi connectivity index (χ4v) is 2.92. The predicted molar refractivity (Wildman–Crippen MR) is 92.6 cm³/mol. The van der Waals surface area contributed by atoms with E-state index in [4.69, 9.17) is 0 Å². The van der Waals surface area contributed by atoms with Gasteiger partial charge in [0.05, 0.1) is 0 Å². The summed E-state index contributed by atoms with van der Waals surface area (Å²) in [5, 5.41) is 3.44. The van der Waals surface area contributed by atoms with Gasteiger partial charge in [0.2, 0.25) is 0 Å². The van der Waals surface area contributed by atoms with E-state index in [2.05, 4.69) is 27.2 Å². The molecule has 0 atom stereocenters. The number of aromatic amines is 1. The smallest absolute Gasteiger partial charge is 0.254 e. The van der Waals surface area contributed by atoms with Gasteiger partial charge in [-0.15, -0.1) is 0 Å². The van der Waals surface area contributed by atoms with Crippen molar-refractivity contribution in [2.75, 3.05) is 11.9 Å². The number of hydrogen-bond acceptors (Lipinski definition) is 4. The summed E-state index contributed by atoms with van der Waals surface area (Å²) in [5.74, 6) is 1.45. The first-order valence-corrected chi connectivity index (χ1v) is 8.31. The Morgan fingerprint density at radius 2 is 2.09 bits per heavy atom. The maximum absolute atomic E-state index is 11.9. The van der Waals surface area contributed by atoms with Crippen LogP contribution >= 0.6 is 0 Å². The summed E-state index contributed by atoms with van der Waals surface area (Å²) in [6, 6.07) is 3.90. The summed E-state index contributed by atoms with van der Waals surface area (Å²) in [6.45, 7) is 6.86. The predicted octanol–water partition coefficient (Wildman–Crippen LogP) is 3.44. The summed E-state index contributed by atoms with van der Waals surface area (Å²) in [4.78, 5) is 23.6. The number of anilines is 1. The molecule has 0 bridgehead atoms. The molecule has 0 unspecified atom stereocenters. The van der Waals surface area contributed by atoms with Crippen LogP contribution in [0.1, 0.15) is 43.9 Å². The van der Waals surface area contributed by atoms with Crippen LogP contribution in [0, 0.1) is 19.3 Å². The van der Waals surface area contributed by atoms with Gasteiger partial charge in [-0.1, -0.05) is 13.3 Å². The van der Waals surface area contributed by atoms with E-state index in [1.165, 1.54) is 25.7 Å². The minimum absolute atomic E-state index is 0.0926. The molecule has 1 fully saturated rings. The van der Waals surface area contributed by atoms with Crippen molar-refractivity contribution in [3.8, 4) is 11.4 Å². The number of nitrogens with one attached hydrogen (secondary N) is 2. The van der Waals surface area contributed by atoms with Gasteiger partial charge in [-0.3, -0.25) is 4.79 Å². The van der Waals surface area contributed by atoms with Crippen LogP contribution in [-0.4, -0.2) is 21.5 Å². The van der Waals surface area contributed by atoms with E-state index in [9.17, 15) is 4.79 Å². The van der Waals surface area contributed by atoms with E-state index in [0.29, 0.717) is 16.8 Å². The van der Waals surface area contributed by atoms with Crippen LogP contribution in [0.4, 0.5) is 5.82 Å². The summed E-state index contributed by atoms with van der Waals surface area (Å²) in [5.41, 5.74) is 2.64. The van der Waals surface area contributed by atoms with Crippen LogP contribution in [0.15, 0.2) is 23.1 Å². The largest absolute Gasteiger partial charge is 0.370 e. The molecule has 3 rings (SSSR count). The standard InChI is InChI=1S/C18H24N4O/c1-4-7-18(8-9-18)11-20-15-6-5-14(10-19-15)16-21-13(3)12(2)17(23)22-16/h5-6,10H,4,7-9,11H2,1-3H3,(H,19,20)(H,21,22,23). The lowest BCUT2D eigenvalue weighted by Crippen LogP contribution is -2.16. The fourth-order valence-electron chi connectivity index (χ4n) is 2.92. The third kappa shape index (κ3) is 3.44. The lowest BCUT2D eigenvalue weighted by molar-refractivity contribution is 0.485. The Labute approximate surface area is 136 Å². The fraction of sp³-hybridized carbons (Fsp3) is 0.500. The average Bonchev–Trinajstić information content (AvgIpc) is 3.31. The van der Waals surface area contributed by atoms with Crippen molar-refractivity contribution in [1.29, 1.82) is 0 Å². The number of pyridine rings is 1. The number of nitrogens with zero attached hydrogens (tertiary/aromatic N) is 2. The Morgan fingerprint density at radius 1 is 1.30 bits per heavy atom. The van der Waals surface area contributed by atoms with Crippen molar-refractivity contribution < 1.29 is 0 Å². The molecule has 2 aromatic rings. The van der Waals surface area contributed by atoms with E-state index in [0.717, 1.165) is 23.6 Å². The number of aromatic nitrogens is 3. The Bertz CT molecular complexity index is 745. The van der Waals surface area contributed by atoms with E-state index in [1.807, 2.05) is 19.1 Å². The molecule has 0 amide bonds. The number of H-pyrrole nitrogens is 1. The summed E-state index contributed by atoms with van der Waals surface area (Å²) >= 11 is 0. The molecule has 1 aliphatic rings. The van der Waals surface area contributed by atoms with Crippen molar-refractivity contribution in [3.05, 3.63) is 39.9 Å². The lowest BCUT2D eigenvalue weighted by atomic mass is 10.0. The Balaban J connectivity index is 1.71. The van der Waals surface area contributed by atoms with Crippen molar-refractivity contribution >= 4 is 5.82 Å². The van der Waals surface area contributed by atoms with Crippen LogP contribution in [0.5, 0.6) is 0 Å². The monoisotopic (exact) mass is 312 g/mol. The van der Waals surface area contributed by atoms with E-state index < -0.39 is 0 Å². The van der Waals surface area contributed by atoms with Gasteiger partial charge in [0.25, 0.3) is 5.56 Å². The average molecular weight is 312 g/mol.